The first-order valence-electron chi connectivity index (χ1n) is 8.10. The van der Waals surface area contributed by atoms with Gasteiger partial charge in [0.1, 0.15) is 0 Å². The zero-order chi connectivity index (χ0) is 15.2. The van der Waals surface area contributed by atoms with Gasteiger partial charge >= 0.3 is 0 Å². The minimum absolute atomic E-state index is 0.204. The van der Waals surface area contributed by atoms with Crippen molar-refractivity contribution in [3.05, 3.63) is 39.9 Å². The number of nitrogens with one attached hydrogen (secondary N) is 1. The number of rotatable bonds is 6. The summed E-state index contributed by atoms with van der Waals surface area (Å²) in [5, 5.41) is 14.5. The molecule has 4 nitrogen and oxygen atoms in total. The summed E-state index contributed by atoms with van der Waals surface area (Å²) in [7, 11) is 0. The maximum absolute atomic E-state index is 10.9. The van der Waals surface area contributed by atoms with Crippen molar-refractivity contribution in [1.29, 1.82) is 0 Å². The van der Waals surface area contributed by atoms with Gasteiger partial charge in [0.05, 0.1) is 4.92 Å². The summed E-state index contributed by atoms with van der Waals surface area (Å²) in [6.45, 7) is 5.41. The van der Waals surface area contributed by atoms with Gasteiger partial charge in [0.2, 0.25) is 0 Å². The lowest BCUT2D eigenvalue weighted by Gasteiger charge is -2.36. The van der Waals surface area contributed by atoms with E-state index >= 15 is 0 Å². The molecule has 0 heterocycles. The van der Waals surface area contributed by atoms with Crippen LogP contribution in [-0.2, 0) is 6.42 Å². The van der Waals surface area contributed by atoms with E-state index < -0.39 is 0 Å². The fraction of sp³-hybridized carbons (Fsp3) is 0.647. The van der Waals surface area contributed by atoms with Crippen LogP contribution in [-0.4, -0.2) is 17.5 Å². The van der Waals surface area contributed by atoms with E-state index in [1.54, 1.807) is 18.2 Å². The average molecular weight is 290 g/mol. The second-order valence-electron chi connectivity index (χ2n) is 6.14. The smallest absolute Gasteiger partial charge is 0.269 e. The molecule has 0 spiro atoms. The second-order valence-corrected chi connectivity index (χ2v) is 6.14. The number of benzene rings is 1. The molecule has 0 amide bonds. The molecule has 1 fully saturated rings. The van der Waals surface area contributed by atoms with Gasteiger partial charge in [-0.1, -0.05) is 32.4 Å². The lowest BCUT2D eigenvalue weighted by atomic mass is 9.74. The molecule has 1 aromatic rings. The summed E-state index contributed by atoms with van der Waals surface area (Å²) in [4.78, 5) is 10.6. The molecule has 1 aliphatic carbocycles. The Hall–Kier alpha value is -1.42. The maximum atomic E-state index is 10.9. The molecule has 0 saturated heterocycles. The molecule has 0 aromatic heterocycles. The molecule has 1 aliphatic rings. The topological polar surface area (TPSA) is 55.2 Å². The van der Waals surface area contributed by atoms with Gasteiger partial charge in [0, 0.05) is 18.2 Å². The molecule has 116 valence electrons. The zero-order valence-corrected chi connectivity index (χ0v) is 13.0. The van der Waals surface area contributed by atoms with Crippen LogP contribution in [0.2, 0.25) is 0 Å². The van der Waals surface area contributed by atoms with Crippen LogP contribution in [0.5, 0.6) is 0 Å². The van der Waals surface area contributed by atoms with Gasteiger partial charge in [0.25, 0.3) is 5.69 Å². The van der Waals surface area contributed by atoms with Crippen molar-refractivity contribution >= 4 is 5.69 Å². The van der Waals surface area contributed by atoms with Crippen molar-refractivity contribution in [3.8, 4) is 0 Å². The van der Waals surface area contributed by atoms with Gasteiger partial charge in [-0.2, -0.15) is 0 Å². The lowest BCUT2D eigenvalue weighted by molar-refractivity contribution is -0.384. The molecular weight excluding hydrogens is 264 g/mol. The highest BCUT2D eigenvalue weighted by Gasteiger charge is 2.29. The van der Waals surface area contributed by atoms with Crippen molar-refractivity contribution in [3.63, 3.8) is 0 Å². The molecule has 0 aliphatic heterocycles. The first-order valence-corrected chi connectivity index (χ1v) is 8.10. The molecule has 1 saturated carbocycles. The van der Waals surface area contributed by atoms with Gasteiger partial charge < -0.3 is 5.32 Å². The SMILES string of the molecule is CCNC1CCC(CC)CC1Cc1cccc([N+](=O)[O-])c1. The summed E-state index contributed by atoms with van der Waals surface area (Å²) in [5.74, 6) is 1.40. The van der Waals surface area contributed by atoms with E-state index in [4.69, 9.17) is 0 Å². The highest BCUT2D eigenvalue weighted by atomic mass is 16.6. The van der Waals surface area contributed by atoms with Crippen LogP contribution >= 0.6 is 0 Å². The molecule has 21 heavy (non-hydrogen) atoms. The largest absolute Gasteiger partial charge is 0.314 e. The predicted octanol–water partition coefficient (Wildman–Crippen LogP) is 3.94. The fourth-order valence-electron chi connectivity index (χ4n) is 3.59. The predicted molar refractivity (Wildman–Crippen MR) is 85.4 cm³/mol. The van der Waals surface area contributed by atoms with Crippen molar-refractivity contribution in [1.82, 2.24) is 5.32 Å². The summed E-state index contributed by atoms with van der Waals surface area (Å²) < 4.78 is 0. The summed E-state index contributed by atoms with van der Waals surface area (Å²) in [6, 6.07) is 7.68. The third-order valence-electron chi connectivity index (χ3n) is 4.75. The van der Waals surface area contributed by atoms with Gasteiger partial charge in [-0.05, 0) is 49.6 Å². The Labute approximate surface area is 127 Å². The molecule has 0 radical (unpaired) electrons. The Kier molecular flexibility index (Phi) is 5.74. The number of nitro groups is 1. The quantitative estimate of drug-likeness (QED) is 0.637. The Morgan fingerprint density at radius 1 is 1.33 bits per heavy atom. The van der Waals surface area contributed by atoms with Crippen LogP contribution < -0.4 is 5.32 Å². The monoisotopic (exact) mass is 290 g/mol. The summed E-state index contributed by atoms with van der Waals surface area (Å²) in [5.41, 5.74) is 1.30. The van der Waals surface area contributed by atoms with Crippen molar-refractivity contribution in [2.24, 2.45) is 11.8 Å². The normalized spacial score (nSPS) is 25.7. The van der Waals surface area contributed by atoms with Crippen molar-refractivity contribution < 1.29 is 4.92 Å². The summed E-state index contributed by atoms with van der Waals surface area (Å²) >= 11 is 0. The van der Waals surface area contributed by atoms with Crippen LogP contribution in [0.4, 0.5) is 5.69 Å². The van der Waals surface area contributed by atoms with Gasteiger partial charge in [0.15, 0.2) is 0 Å². The molecule has 3 unspecified atom stereocenters. The average Bonchev–Trinajstić information content (AvgIpc) is 2.49. The van der Waals surface area contributed by atoms with Crippen LogP contribution in [0.15, 0.2) is 24.3 Å². The minimum Gasteiger partial charge on any atom is -0.314 e. The van der Waals surface area contributed by atoms with Crippen LogP contribution in [0.1, 0.15) is 45.1 Å². The number of non-ortho nitro benzene ring substituents is 1. The molecular formula is C17H26N2O2. The Bertz CT molecular complexity index is 476. The molecule has 1 N–H and O–H groups in total. The highest BCUT2D eigenvalue weighted by molar-refractivity contribution is 5.34. The van der Waals surface area contributed by atoms with E-state index in [2.05, 4.69) is 19.2 Å². The lowest BCUT2D eigenvalue weighted by Crippen LogP contribution is -2.41. The molecule has 4 heteroatoms. The number of nitro benzene ring substituents is 1. The van der Waals surface area contributed by atoms with Crippen LogP contribution in [0.25, 0.3) is 0 Å². The van der Waals surface area contributed by atoms with Crippen molar-refractivity contribution in [2.45, 2.75) is 52.0 Å². The Morgan fingerprint density at radius 2 is 2.14 bits per heavy atom. The minimum atomic E-state index is -0.305. The van der Waals surface area contributed by atoms with E-state index in [1.807, 2.05) is 6.07 Å². The number of hydrogen-bond acceptors (Lipinski definition) is 3. The second kappa shape index (κ2) is 7.55. The Morgan fingerprint density at radius 3 is 2.81 bits per heavy atom. The van der Waals surface area contributed by atoms with E-state index in [9.17, 15) is 10.1 Å². The van der Waals surface area contributed by atoms with Crippen LogP contribution in [0.3, 0.4) is 0 Å². The standard InChI is InChI=1S/C17H26N2O2/c1-3-13-8-9-17(18-4-2)15(10-13)11-14-6-5-7-16(12-14)19(20)21/h5-7,12-13,15,17-18H,3-4,8-11H2,1-2H3. The van der Waals surface area contributed by atoms with Crippen LogP contribution in [0, 0.1) is 22.0 Å². The maximum Gasteiger partial charge on any atom is 0.269 e. The molecule has 3 atom stereocenters. The molecule has 0 bridgehead atoms. The Balaban J connectivity index is 2.09. The van der Waals surface area contributed by atoms with Crippen molar-refractivity contribution in [2.75, 3.05) is 6.54 Å². The fourth-order valence-corrected chi connectivity index (χ4v) is 3.59. The molecule has 2 rings (SSSR count). The van der Waals surface area contributed by atoms with Gasteiger partial charge in [-0.25, -0.2) is 0 Å². The third kappa shape index (κ3) is 4.27. The first-order chi connectivity index (χ1) is 10.1. The van der Waals surface area contributed by atoms with E-state index in [0.717, 1.165) is 24.4 Å². The van der Waals surface area contributed by atoms with Gasteiger partial charge in [-0.3, -0.25) is 10.1 Å². The number of hydrogen-bond donors (Lipinski definition) is 1. The highest BCUT2D eigenvalue weighted by Crippen LogP contribution is 2.33. The van der Waals surface area contributed by atoms with E-state index in [0.29, 0.717) is 12.0 Å². The first kappa shape index (κ1) is 16.0. The van der Waals surface area contributed by atoms with E-state index in [1.165, 1.54) is 25.7 Å². The summed E-state index contributed by atoms with van der Waals surface area (Å²) in [6.07, 6.45) is 5.95. The zero-order valence-electron chi connectivity index (χ0n) is 13.0. The van der Waals surface area contributed by atoms with E-state index in [-0.39, 0.29) is 10.6 Å². The third-order valence-corrected chi connectivity index (χ3v) is 4.75. The molecule has 1 aromatic carbocycles. The van der Waals surface area contributed by atoms with Gasteiger partial charge in [-0.15, -0.1) is 0 Å². The number of nitrogens with zero attached hydrogens (tertiary/aromatic N) is 1.